The van der Waals surface area contributed by atoms with Crippen LogP contribution in [0.1, 0.15) is 24.4 Å². The van der Waals surface area contributed by atoms with Gasteiger partial charge in [-0.1, -0.05) is 6.07 Å². The zero-order chi connectivity index (χ0) is 16.9. The van der Waals surface area contributed by atoms with Crippen molar-refractivity contribution >= 4 is 0 Å². The van der Waals surface area contributed by atoms with Crippen LogP contribution in [0.25, 0.3) is 0 Å². The second-order valence-electron chi connectivity index (χ2n) is 5.56. The SMILES string of the molecule is COc1ccc([C@H](CCC(F)(F)F)N2CCNCC2)c(OC)c1. The van der Waals surface area contributed by atoms with Gasteiger partial charge in [0.2, 0.25) is 0 Å². The van der Waals surface area contributed by atoms with Crippen molar-refractivity contribution in [3.8, 4) is 11.5 Å². The highest BCUT2D eigenvalue weighted by molar-refractivity contribution is 5.42. The summed E-state index contributed by atoms with van der Waals surface area (Å²) in [6.07, 6.45) is -4.95. The summed E-state index contributed by atoms with van der Waals surface area (Å²) in [4.78, 5) is 2.09. The van der Waals surface area contributed by atoms with Crippen molar-refractivity contribution in [1.82, 2.24) is 10.2 Å². The van der Waals surface area contributed by atoms with Gasteiger partial charge < -0.3 is 14.8 Å². The van der Waals surface area contributed by atoms with Gasteiger partial charge in [-0.25, -0.2) is 0 Å². The molecular formula is C16H23F3N2O2. The Morgan fingerprint density at radius 2 is 1.87 bits per heavy atom. The van der Waals surface area contributed by atoms with E-state index in [1.165, 1.54) is 7.11 Å². The number of alkyl halides is 3. The van der Waals surface area contributed by atoms with E-state index in [1.807, 2.05) is 0 Å². The molecule has 1 aliphatic rings. The van der Waals surface area contributed by atoms with E-state index < -0.39 is 12.6 Å². The summed E-state index contributed by atoms with van der Waals surface area (Å²) in [7, 11) is 3.07. The van der Waals surface area contributed by atoms with E-state index in [4.69, 9.17) is 9.47 Å². The molecular weight excluding hydrogens is 309 g/mol. The molecule has 4 nitrogen and oxygen atoms in total. The third-order valence-electron chi connectivity index (χ3n) is 4.09. The molecule has 1 aromatic rings. The monoisotopic (exact) mass is 332 g/mol. The minimum atomic E-state index is -4.16. The van der Waals surface area contributed by atoms with Gasteiger partial charge in [0, 0.05) is 50.3 Å². The van der Waals surface area contributed by atoms with Crippen LogP contribution in [0.4, 0.5) is 13.2 Å². The van der Waals surface area contributed by atoms with Crippen molar-refractivity contribution in [2.75, 3.05) is 40.4 Å². The number of rotatable bonds is 6. The fraction of sp³-hybridized carbons (Fsp3) is 0.625. The van der Waals surface area contributed by atoms with E-state index in [9.17, 15) is 13.2 Å². The first-order valence-corrected chi connectivity index (χ1v) is 7.68. The molecule has 1 aliphatic heterocycles. The number of hydrogen-bond donors (Lipinski definition) is 1. The van der Waals surface area contributed by atoms with Crippen LogP contribution in [0.2, 0.25) is 0 Å². The van der Waals surface area contributed by atoms with Crippen molar-refractivity contribution in [3.05, 3.63) is 23.8 Å². The molecule has 0 amide bonds. The van der Waals surface area contributed by atoms with Crippen LogP contribution >= 0.6 is 0 Å². The minimum absolute atomic E-state index is 0.0200. The molecule has 0 saturated carbocycles. The highest BCUT2D eigenvalue weighted by Crippen LogP contribution is 2.37. The number of methoxy groups -OCH3 is 2. The third-order valence-corrected chi connectivity index (χ3v) is 4.09. The topological polar surface area (TPSA) is 33.7 Å². The van der Waals surface area contributed by atoms with E-state index in [0.717, 1.165) is 31.7 Å². The molecule has 0 spiro atoms. The van der Waals surface area contributed by atoms with Crippen LogP contribution < -0.4 is 14.8 Å². The molecule has 1 saturated heterocycles. The Bertz CT molecular complexity index is 503. The first-order chi connectivity index (χ1) is 10.9. The summed E-state index contributed by atoms with van der Waals surface area (Å²) >= 11 is 0. The Hall–Kier alpha value is -1.47. The number of halogens is 3. The Labute approximate surface area is 134 Å². The Kier molecular flexibility index (Phi) is 6.12. The van der Waals surface area contributed by atoms with Crippen molar-refractivity contribution in [2.24, 2.45) is 0 Å². The molecule has 1 fully saturated rings. The summed E-state index contributed by atoms with van der Waals surface area (Å²) in [6.45, 7) is 3.00. The lowest BCUT2D eigenvalue weighted by Gasteiger charge is -2.36. The number of nitrogens with one attached hydrogen (secondary N) is 1. The molecule has 0 radical (unpaired) electrons. The number of nitrogens with zero attached hydrogens (tertiary/aromatic N) is 1. The Morgan fingerprint density at radius 3 is 2.43 bits per heavy atom. The maximum atomic E-state index is 12.7. The Balaban J connectivity index is 2.27. The molecule has 1 N–H and O–H groups in total. The molecule has 0 unspecified atom stereocenters. The van der Waals surface area contributed by atoms with Gasteiger partial charge >= 0.3 is 6.18 Å². The number of piperazine rings is 1. The molecule has 0 aliphatic carbocycles. The van der Waals surface area contributed by atoms with Gasteiger partial charge in [0.1, 0.15) is 11.5 Å². The van der Waals surface area contributed by atoms with Crippen molar-refractivity contribution < 1.29 is 22.6 Å². The maximum Gasteiger partial charge on any atom is 0.389 e. The van der Waals surface area contributed by atoms with Gasteiger partial charge in [-0.15, -0.1) is 0 Å². The molecule has 23 heavy (non-hydrogen) atoms. The zero-order valence-corrected chi connectivity index (χ0v) is 13.4. The van der Waals surface area contributed by atoms with Gasteiger partial charge in [0.05, 0.1) is 14.2 Å². The third kappa shape index (κ3) is 5.00. The number of hydrogen-bond acceptors (Lipinski definition) is 4. The van der Waals surface area contributed by atoms with Gasteiger partial charge in [-0.3, -0.25) is 4.90 Å². The molecule has 1 aromatic carbocycles. The summed E-state index contributed by atoms with van der Waals surface area (Å²) in [6, 6.07) is 4.97. The zero-order valence-electron chi connectivity index (χ0n) is 13.4. The van der Waals surface area contributed by atoms with E-state index in [2.05, 4.69) is 10.2 Å². The van der Waals surface area contributed by atoms with Gasteiger partial charge in [0.15, 0.2) is 0 Å². The summed E-state index contributed by atoms with van der Waals surface area (Å²) in [5, 5.41) is 3.23. The lowest BCUT2D eigenvalue weighted by molar-refractivity contribution is -0.138. The van der Waals surface area contributed by atoms with E-state index >= 15 is 0 Å². The van der Waals surface area contributed by atoms with Gasteiger partial charge in [-0.2, -0.15) is 13.2 Å². The fourth-order valence-electron chi connectivity index (χ4n) is 2.92. The first kappa shape index (κ1) is 17.9. The van der Waals surface area contributed by atoms with Crippen molar-refractivity contribution in [1.29, 1.82) is 0 Å². The molecule has 0 bridgehead atoms. The predicted octanol–water partition coefficient (Wildman–Crippen LogP) is 2.99. The highest BCUT2D eigenvalue weighted by atomic mass is 19.4. The van der Waals surface area contributed by atoms with E-state index in [0.29, 0.717) is 11.5 Å². The summed E-state index contributed by atoms with van der Waals surface area (Å²) in [5.74, 6) is 1.19. The highest BCUT2D eigenvalue weighted by Gasteiger charge is 2.32. The lowest BCUT2D eigenvalue weighted by atomic mass is 9.98. The van der Waals surface area contributed by atoms with E-state index in [-0.39, 0.29) is 12.5 Å². The first-order valence-electron chi connectivity index (χ1n) is 7.68. The molecule has 130 valence electrons. The van der Waals surface area contributed by atoms with Gasteiger partial charge in [-0.05, 0) is 12.5 Å². The standard InChI is InChI=1S/C16H23F3N2O2/c1-22-12-3-4-13(15(11-12)23-2)14(5-6-16(17,18)19)21-9-7-20-8-10-21/h3-4,11,14,20H,5-10H2,1-2H3/t14-/m0/s1. The van der Waals surface area contributed by atoms with Crippen LogP contribution in [-0.2, 0) is 0 Å². The van der Waals surface area contributed by atoms with Crippen molar-refractivity contribution in [3.63, 3.8) is 0 Å². The normalized spacial score (nSPS) is 17.8. The maximum absolute atomic E-state index is 12.7. The fourth-order valence-corrected chi connectivity index (χ4v) is 2.92. The van der Waals surface area contributed by atoms with Crippen LogP contribution in [0.5, 0.6) is 11.5 Å². The van der Waals surface area contributed by atoms with Crippen LogP contribution in [-0.4, -0.2) is 51.5 Å². The average molecular weight is 332 g/mol. The quantitative estimate of drug-likeness (QED) is 0.868. The van der Waals surface area contributed by atoms with Gasteiger partial charge in [0.25, 0.3) is 0 Å². The Morgan fingerprint density at radius 1 is 1.17 bits per heavy atom. The van der Waals surface area contributed by atoms with Crippen molar-refractivity contribution in [2.45, 2.75) is 25.1 Å². The van der Waals surface area contributed by atoms with Crippen LogP contribution in [0.15, 0.2) is 18.2 Å². The number of ether oxygens (including phenoxy) is 2. The lowest BCUT2D eigenvalue weighted by Crippen LogP contribution is -2.45. The van der Waals surface area contributed by atoms with Crippen LogP contribution in [0, 0.1) is 0 Å². The average Bonchev–Trinajstić information content (AvgIpc) is 2.55. The smallest absolute Gasteiger partial charge is 0.389 e. The second-order valence-corrected chi connectivity index (χ2v) is 5.56. The minimum Gasteiger partial charge on any atom is -0.497 e. The molecule has 2 rings (SSSR count). The molecule has 7 heteroatoms. The molecule has 1 heterocycles. The van der Waals surface area contributed by atoms with E-state index in [1.54, 1.807) is 25.3 Å². The number of benzene rings is 1. The summed E-state index contributed by atoms with van der Waals surface area (Å²) in [5.41, 5.74) is 0.777. The molecule has 1 atom stereocenters. The largest absolute Gasteiger partial charge is 0.497 e. The molecule has 0 aromatic heterocycles. The second kappa shape index (κ2) is 7.88. The predicted molar refractivity (Wildman–Crippen MR) is 82.0 cm³/mol. The van der Waals surface area contributed by atoms with Crippen LogP contribution in [0.3, 0.4) is 0 Å². The summed E-state index contributed by atoms with van der Waals surface area (Å²) < 4.78 is 48.7.